The van der Waals surface area contributed by atoms with Crippen LogP contribution in [0.1, 0.15) is 38.9 Å². The molecule has 1 unspecified atom stereocenters. The smallest absolute Gasteiger partial charge is 0.298 e. The maximum Gasteiger partial charge on any atom is 0.298 e. The third-order valence-electron chi connectivity index (χ3n) is 3.30. The third kappa shape index (κ3) is 5.69. The van der Waals surface area contributed by atoms with Crippen molar-refractivity contribution in [1.82, 2.24) is 5.32 Å². The van der Waals surface area contributed by atoms with Gasteiger partial charge < -0.3 is 5.32 Å². The molecule has 0 saturated carbocycles. The van der Waals surface area contributed by atoms with Crippen molar-refractivity contribution in [2.75, 3.05) is 0 Å². The monoisotopic (exact) mass is 361 g/mol. The van der Waals surface area contributed by atoms with Crippen LogP contribution < -0.4 is 5.32 Å². The normalized spacial score (nSPS) is 16.0. The lowest BCUT2D eigenvalue weighted by Crippen LogP contribution is -2.44. The van der Waals surface area contributed by atoms with Gasteiger partial charge in [-0.25, -0.2) is 4.18 Å². The highest BCUT2D eigenvalue weighted by molar-refractivity contribution is 7.91. The van der Waals surface area contributed by atoms with Crippen LogP contribution in [0.25, 0.3) is 0 Å². The van der Waals surface area contributed by atoms with Crippen molar-refractivity contribution >= 4 is 16.0 Å². The summed E-state index contributed by atoms with van der Waals surface area (Å²) >= 11 is 0. The molecule has 0 aliphatic heterocycles. The quantitative estimate of drug-likeness (QED) is 0.816. The first kappa shape index (κ1) is 19.1. The van der Waals surface area contributed by atoms with E-state index in [0.29, 0.717) is 12.0 Å². The van der Waals surface area contributed by atoms with Crippen LogP contribution in [0.4, 0.5) is 0 Å². The number of hydrogen-bond acceptors (Lipinski definition) is 4. The molecule has 1 aliphatic rings. The van der Waals surface area contributed by atoms with E-state index in [0.717, 1.165) is 0 Å². The number of benzene rings is 1. The van der Waals surface area contributed by atoms with Crippen molar-refractivity contribution in [1.29, 1.82) is 0 Å². The van der Waals surface area contributed by atoms with Gasteiger partial charge in [-0.2, -0.15) is 8.42 Å². The Balaban J connectivity index is 2.34. The number of hydrogen-bond donors (Lipinski definition) is 1. The van der Waals surface area contributed by atoms with Crippen molar-refractivity contribution in [3.05, 3.63) is 71.2 Å². The van der Waals surface area contributed by atoms with Gasteiger partial charge in [0.1, 0.15) is 0 Å². The molecule has 0 fully saturated rings. The molecule has 0 heterocycles. The van der Waals surface area contributed by atoms with E-state index in [1.54, 1.807) is 42.5 Å². The minimum atomic E-state index is -4.09. The Morgan fingerprint density at radius 1 is 1.16 bits per heavy atom. The molecule has 1 atom stereocenters. The van der Waals surface area contributed by atoms with Crippen molar-refractivity contribution < 1.29 is 17.4 Å². The summed E-state index contributed by atoms with van der Waals surface area (Å²) in [6, 6.07) is 8.59. The molecule has 1 N–H and O–H groups in total. The topological polar surface area (TPSA) is 72.5 Å². The van der Waals surface area contributed by atoms with Crippen LogP contribution >= 0.6 is 0 Å². The Kier molecular flexibility index (Phi) is 5.98. The van der Waals surface area contributed by atoms with Crippen molar-refractivity contribution in [3.8, 4) is 0 Å². The SMILES string of the molecule is CC(C)(C)NC(=O)C(OS(=O)(=O)C1=CC=CCC=C1)c1ccccc1. The molecule has 6 heteroatoms. The van der Waals surface area contributed by atoms with Crippen molar-refractivity contribution in [3.63, 3.8) is 0 Å². The zero-order valence-electron chi connectivity index (χ0n) is 14.6. The van der Waals surface area contributed by atoms with E-state index < -0.39 is 27.7 Å². The molecule has 5 nitrogen and oxygen atoms in total. The average Bonchev–Trinajstić information content (AvgIpc) is 2.81. The second kappa shape index (κ2) is 7.80. The molecule has 1 aromatic rings. The molecule has 1 aliphatic carbocycles. The minimum absolute atomic E-state index is 0.0192. The zero-order valence-corrected chi connectivity index (χ0v) is 15.4. The van der Waals surface area contributed by atoms with Gasteiger partial charge in [0.2, 0.25) is 0 Å². The molecule has 1 amide bonds. The van der Waals surface area contributed by atoms with E-state index in [1.165, 1.54) is 12.2 Å². The lowest BCUT2D eigenvalue weighted by molar-refractivity contribution is -0.129. The molecule has 0 radical (unpaired) electrons. The molecule has 0 aromatic heterocycles. The van der Waals surface area contributed by atoms with Gasteiger partial charge in [0.25, 0.3) is 16.0 Å². The highest BCUT2D eigenvalue weighted by Crippen LogP contribution is 2.25. The van der Waals surface area contributed by atoms with Gasteiger partial charge in [-0.1, -0.05) is 48.6 Å². The zero-order chi connectivity index (χ0) is 18.5. The Labute approximate surface area is 149 Å². The van der Waals surface area contributed by atoms with Crippen LogP contribution in [0, 0.1) is 0 Å². The molecule has 25 heavy (non-hydrogen) atoms. The summed E-state index contributed by atoms with van der Waals surface area (Å²) < 4.78 is 30.6. The first-order valence-corrected chi connectivity index (χ1v) is 9.43. The molecule has 2 rings (SSSR count). The van der Waals surface area contributed by atoms with Gasteiger partial charge in [-0.3, -0.25) is 4.79 Å². The summed E-state index contributed by atoms with van der Waals surface area (Å²) in [4.78, 5) is 12.7. The van der Waals surface area contributed by atoms with Gasteiger partial charge in [-0.15, -0.1) is 0 Å². The van der Waals surface area contributed by atoms with Crippen LogP contribution in [-0.2, 0) is 19.1 Å². The summed E-state index contributed by atoms with van der Waals surface area (Å²) in [5, 5.41) is 2.78. The molecule has 1 aromatic carbocycles. The Hall–Kier alpha value is -2.18. The maximum absolute atomic E-state index is 12.6. The van der Waals surface area contributed by atoms with E-state index in [2.05, 4.69) is 5.32 Å². The largest absolute Gasteiger partial charge is 0.349 e. The van der Waals surface area contributed by atoms with Gasteiger partial charge in [0.15, 0.2) is 6.10 Å². The predicted octanol–water partition coefficient (Wildman–Crippen LogP) is 3.39. The van der Waals surface area contributed by atoms with Crippen molar-refractivity contribution in [2.45, 2.75) is 38.8 Å². The highest BCUT2D eigenvalue weighted by atomic mass is 32.2. The third-order valence-corrected chi connectivity index (χ3v) is 4.60. The van der Waals surface area contributed by atoms with Gasteiger partial charge >= 0.3 is 0 Å². The fraction of sp³-hybridized carbons (Fsp3) is 0.316. The predicted molar refractivity (Wildman–Crippen MR) is 98.1 cm³/mol. The van der Waals surface area contributed by atoms with Crippen LogP contribution in [0.3, 0.4) is 0 Å². The Bertz CT molecular complexity index is 800. The number of allylic oxidation sites excluding steroid dienone is 5. The lowest BCUT2D eigenvalue weighted by atomic mass is 10.1. The van der Waals surface area contributed by atoms with Crippen LogP contribution in [0.5, 0.6) is 0 Å². The fourth-order valence-corrected chi connectivity index (χ4v) is 3.29. The highest BCUT2D eigenvalue weighted by Gasteiger charge is 2.31. The molecular formula is C19H23NO4S. The number of amides is 1. The number of nitrogens with one attached hydrogen (secondary N) is 1. The molecule has 0 spiro atoms. The van der Waals surface area contributed by atoms with Crippen LogP contribution in [0.2, 0.25) is 0 Å². The summed E-state index contributed by atoms with van der Waals surface area (Å²) in [7, 11) is -4.09. The first-order valence-electron chi connectivity index (χ1n) is 8.03. The molecule has 134 valence electrons. The summed E-state index contributed by atoms with van der Waals surface area (Å²) in [6.45, 7) is 5.47. The van der Waals surface area contributed by atoms with Gasteiger partial charge in [0, 0.05) is 5.54 Å². The summed E-state index contributed by atoms with van der Waals surface area (Å²) in [6.07, 6.45) is 7.54. The molecule has 0 bridgehead atoms. The average molecular weight is 361 g/mol. The number of carbonyl (C=O) groups excluding carboxylic acids is 1. The van der Waals surface area contributed by atoms with Crippen molar-refractivity contribution in [2.24, 2.45) is 0 Å². The minimum Gasteiger partial charge on any atom is -0.349 e. The number of rotatable bonds is 5. The standard InChI is InChI=1S/C19H23NO4S/c1-19(2,3)20-18(21)17(15-11-7-6-8-12-15)24-25(22,23)16-13-9-4-5-10-14-16/h4,6-14,17H,5H2,1-3H3,(H,20,21). The van der Waals surface area contributed by atoms with E-state index in [-0.39, 0.29) is 4.91 Å². The summed E-state index contributed by atoms with van der Waals surface area (Å²) in [5.41, 5.74) is -0.0388. The van der Waals surface area contributed by atoms with Crippen LogP contribution in [-0.4, -0.2) is 19.9 Å². The lowest BCUT2D eigenvalue weighted by Gasteiger charge is -2.25. The van der Waals surface area contributed by atoms with E-state index in [9.17, 15) is 13.2 Å². The van der Waals surface area contributed by atoms with E-state index in [4.69, 9.17) is 4.18 Å². The van der Waals surface area contributed by atoms with Gasteiger partial charge in [-0.05, 0) is 44.9 Å². The maximum atomic E-state index is 12.6. The Morgan fingerprint density at radius 3 is 2.48 bits per heavy atom. The second-order valence-electron chi connectivity index (χ2n) is 6.72. The van der Waals surface area contributed by atoms with Gasteiger partial charge in [0.05, 0.1) is 4.91 Å². The number of carbonyl (C=O) groups is 1. The van der Waals surface area contributed by atoms with E-state index >= 15 is 0 Å². The van der Waals surface area contributed by atoms with Crippen LogP contribution in [0.15, 0.2) is 65.6 Å². The second-order valence-corrected chi connectivity index (χ2v) is 8.29. The first-order chi connectivity index (χ1) is 11.7. The summed E-state index contributed by atoms with van der Waals surface area (Å²) in [5.74, 6) is -0.504. The van der Waals surface area contributed by atoms with E-state index in [1.807, 2.05) is 26.8 Å². The Morgan fingerprint density at radius 2 is 1.84 bits per heavy atom. The fourth-order valence-electron chi connectivity index (χ4n) is 2.22. The molecular weight excluding hydrogens is 338 g/mol. The molecule has 0 saturated heterocycles.